The highest BCUT2D eigenvalue weighted by atomic mass is 19.4. The normalized spacial score (nSPS) is 23.6. The molecule has 2 aromatic heterocycles. The Bertz CT molecular complexity index is 1220. The van der Waals surface area contributed by atoms with Crippen molar-refractivity contribution in [2.45, 2.75) is 43.6 Å². The second-order valence-electron chi connectivity index (χ2n) is 8.87. The highest BCUT2D eigenvalue weighted by molar-refractivity contribution is 5.98. The Balaban J connectivity index is 1.46. The van der Waals surface area contributed by atoms with Crippen LogP contribution >= 0.6 is 0 Å². The summed E-state index contributed by atoms with van der Waals surface area (Å²) in [7, 11) is 1.55. The van der Waals surface area contributed by atoms with Crippen LogP contribution < -0.4 is 4.74 Å². The number of hydrogen-bond donors (Lipinski definition) is 0. The summed E-state index contributed by atoms with van der Waals surface area (Å²) in [6, 6.07) is 5.60. The summed E-state index contributed by atoms with van der Waals surface area (Å²) in [5, 5.41) is 7.98. The molecule has 36 heavy (non-hydrogen) atoms. The number of para-hydroxylation sites is 1. The van der Waals surface area contributed by atoms with Crippen LogP contribution in [0.1, 0.15) is 35.2 Å². The Hall–Kier alpha value is -3.54. The molecule has 3 aliphatic rings. The molecule has 1 saturated carbocycles. The van der Waals surface area contributed by atoms with Crippen LogP contribution in [0.25, 0.3) is 5.69 Å². The maximum absolute atomic E-state index is 14.8. The molecule has 4 atom stereocenters. The summed E-state index contributed by atoms with van der Waals surface area (Å²) >= 11 is 0. The third kappa shape index (κ3) is 4.41. The molecule has 2 aliphatic heterocycles. The van der Waals surface area contributed by atoms with E-state index < -0.39 is 35.6 Å². The van der Waals surface area contributed by atoms with Gasteiger partial charge in [-0.3, -0.25) is 4.79 Å². The fourth-order valence-corrected chi connectivity index (χ4v) is 5.23. The predicted octanol–water partition coefficient (Wildman–Crippen LogP) is 3.91. The van der Waals surface area contributed by atoms with Crippen LogP contribution in [0.5, 0.6) is 5.88 Å². The number of ether oxygens (including phenoxy) is 2. The van der Waals surface area contributed by atoms with Crippen LogP contribution in [0.4, 0.5) is 17.6 Å². The zero-order chi connectivity index (χ0) is 25.4. The van der Waals surface area contributed by atoms with Crippen molar-refractivity contribution in [2.24, 2.45) is 5.92 Å². The van der Waals surface area contributed by atoms with Gasteiger partial charge in [-0.1, -0.05) is 6.07 Å². The summed E-state index contributed by atoms with van der Waals surface area (Å²) in [6.07, 6.45) is 0.538. The molecular weight excluding hydrogens is 482 g/mol. The molecule has 3 aromatic rings. The van der Waals surface area contributed by atoms with Crippen LogP contribution in [-0.2, 0) is 10.9 Å². The van der Waals surface area contributed by atoms with Crippen LogP contribution in [0, 0.1) is 11.7 Å². The number of rotatable bonds is 6. The van der Waals surface area contributed by atoms with E-state index >= 15 is 0 Å². The van der Waals surface area contributed by atoms with Gasteiger partial charge in [0.2, 0.25) is 5.88 Å². The second-order valence-corrected chi connectivity index (χ2v) is 8.87. The van der Waals surface area contributed by atoms with Crippen molar-refractivity contribution in [1.82, 2.24) is 24.9 Å². The largest absolute Gasteiger partial charge is 0.472 e. The number of carbonyl (C=O) groups excluding carboxylic acids is 1. The number of benzene rings is 1. The first kappa shape index (κ1) is 24.2. The summed E-state index contributed by atoms with van der Waals surface area (Å²) in [5.41, 5.74) is -0.846. The zero-order valence-electron chi connectivity index (χ0n) is 19.2. The lowest BCUT2D eigenvalue weighted by Crippen LogP contribution is -2.65. The van der Waals surface area contributed by atoms with Crippen LogP contribution in [0.15, 0.2) is 48.9 Å². The lowest BCUT2D eigenvalue weighted by atomic mass is 9.72. The number of pyridine rings is 1. The Labute approximate surface area is 203 Å². The number of aromatic nitrogens is 4. The van der Waals surface area contributed by atoms with Crippen LogP contribution in [-0.4, -0.2) is 62.7 Å². The number of fused-ring (bicyclic) bond motifs is 3. The molecule has 12 heteroatoms. The first-order valence-electron chi connectivity index (χ1n) is 11.4. The Morgan fingerprint density at radius 3 is 2.58 bits per heavy atom. The molecule has 1 aliphatic carbocycles. The number of amides is 1. The molecule has 0 unspecified atom stereocenters. The lowest BCUT2D eigenvalue weighted by Gasteiger charge is -2.54. The van der Waals surface area contributed by atoms with Crippen molar-refractivity contribution in [2.75, 3.05) is 13.7 Å². The standard InChI is InChI=1S/C24H23F4N5O3/c1-35-13-19-14-5-7-18(20(11-14)36-21-8-6-15(12-29-21)24(26,27)28)32(19)23(34)16-3-2-4-17(25)22(16)33-30-9-10-31-33/h2-4,6,8-10,12,14,18-20H,5,7,11,13H2,1H3/t14-,18+,19-,20-/m1/s1. The Kier molecular flexibility index (Phi) is 6.37. The van der Waals surface area contributed by atoms with Gasteiger partial charge in [0.05, 0.1) is 42.2 Å². The number of hydrogen-bond acceptors (Lipinski definition) is 6. The molecular formula is C24H23F4N5O3. The molecule has 1 amide bonds. The molecule has 2 bridgehead atoms. The molecule has 1 aromatic carbocycles. The molecule has 6 rings (SSSR count). The number of halogens is 4. The maximum atomic E-state index is 14.8. The smallest absolute Gasteiger partial charge is 0.417 e. The molecule has 0 N–H and O–H groups in total. The van der Waals surface area contributed by atoms with E-state index in [1.54, 1.807) is 12.0 Å². The van der Waals surface area contributed by atoms with Gasteiger partial charge in [0.25, 0.3) is 5.91 Å². The van der Waals surface area contributed by atoms with Crippen molar-refractivity contribution >= 4 is 5.91 Å². The third-order valence-electron chi connectivity index (χ3n) is 6.80. The van der Waals surface area contributed by atoms with E-state index in [-0.39, 0.29) is 35.7 Å². The van der Waals surface area contributed by atoms with Gasteiger partial charge in [-0.2, -0.15) is 23.4 Å². The minimum Gasteiger partial charge on any atom is -0.472 e. The monoisotopic (exact) mass is 505 g/mol. The van der Waals surface area contributed by atoms with E-state index in [2.05, 4.69) is 15.2 Å². The second kappa shape index (κ2) is 9.49. The van der Waals surface area contributed by atoms with Gasteiger partial charge in [-0.05, 0) is 43.4 Å². The molecule has 3 fully saturated rings. The van der Waals surface area contributed by atoms with Gasteiger partial charge in [0.15, 0.2) is 5.82 Å². The van der Waals surface area contributed by atoms with Gasteiger partial charge >= 0.3 is 6.18 Å². The molecule has 0 spiro atoms. The highest BCUT2D eigenvalue weighted by Gasteiger charge is 2.50. The molecule has 2 saturated heterocycles. The quantitative estimate of drug-likeness (QED) is 0.473. The fourth-order valence-electron chi connectivity index (χ4n) is 5.23. The number of methoxy groups -OCH3 is 1. The Morgan fingerprint density at radius 1 is 1.14 bits per heavy atom. The van der Waals surface area contributed by atoms with E-state index in [4.69, 9.17) is 9.47 Å². The predicted molar refractivity (Wildman–Crippen MR) is 118 cm³/mol. The van der Waals surface area contributed by atoms with E-state index in [0.29, 0.717) is 12.8 Å². The highest BCUT2D eigenvalue weighted by Crippen LogP contribution is 2.42. The van der Waals surface area contributed by atoms with Crippen molar-refractivity contribution < 1.29 is 31.8 Å². The summed E-state index contributed by atoms with van der Waals surface area (Å²) in [6.45, 7) is 0.281. The van der Waals surface area contributed by atoms with Crippen LogP contribution in [0.3, 0.4) is 0 Å². The summed E-state index contributed by atoms with van der Waals surface area (Å²) in [5.74, 6) is -1.00. The topological polar surface area (TPSA) is 82.4 Å². The van der Waals surface area contributed by atoms with E-state index in [9.17, 15) is 22.4 Å². The van der Waals surface area contributed by atoms with E-state index in [1.807, 2.05) is 0 Å². The van der Waals surface area contributed by atoms with Crippen LogP contribution in [0.2, 0.25) is 0 Å². The molecule has 190 valence electrons. The van der Waals surface area contributed by atoms with Gasteiger partial charge < -0.3 is 14.4 Å². The van der Waals surface area contributed by atoms with Crippen molar-refractivity contribution in [3.05, 3.63) is 65.9 Å². The van der Waals surface area contributed by atoms with E-state index in [1.165, 1.54) is 36.7 Å². The maximum Gasteiger partial charge on any atom is 0.417 e. The minimum absolute atomic E-state index is 0.0261. The zero-order valence-corrected chi connectivity index (χ0v) is 19.2. The third-order valence-corrected chi connectivity index (χ3v) is 6.80. The first-order valence-corrected chi connectivity index (χ1v) is 11.4. The van der Waals surface area contributed by atoms with Crippen molar-refractivity contribution in [1.29, 1.82) is 0 Å². The van der Waals surface area contributed by atoms with Gasteiger partial charge in [0, 0.05) is 19.4 Å². The Morgan fingerprint density at radius 2 is 1.92 bits per heavy atom. The first-order chi connectivity index (χ1) is 17.3. The molecule has 4 heterocycles. The van der Waals surface area contributed by atoms with Crippen molar-refractivity contribution in [3.63, 3.8) is 0 Å². The number of piperidine rings is 2. The van der Waals surface area contributed by atoms with E-state index in [0.717, 1.165) is 23.5 Å². The number of carbonyl (C=O) groups is 1. The summed E-state index contributed by atoms with van der Waals surface area (Å²) in [4.78, 5) is 20.5. The van der Waals surface area contributed by atoms with Gasteiger partial charge in [0.1, 0.15) is 11.8 Å². The number of alkyl halides is 3. The van der Waals surface area contributed by atoms with Crippen molar-refractivity contribution in [3.8, 4) is 11.6 Å². The SMILES string of the molecule is COC[C@@H]1[C@@H]2CC[C@@H]([C@H](Oc3ccc(C(F)(F)F)cn3)C2)N1C(=O)c1cccc(F)c1-n1nccn1. The number of nitrogens with zero attached hydrogens (tertiary/aromatic N) is 5. The summed E-state index contributed by atoms with van der Waals surface area (Å²) < 4.78 is 65.0. The average molecular weight is 505 g/mol. The lowest BCUT2D eigenvalue weighted by molar-refractivity contribution is -0.137. The molecule has 0 radical (unpaired) electrons. The molecule has 8 nitrogen and oxygen atoms in total. The minimum atomic E-state index is -4.50. The fraction of sp³-hybridized carbons (Fsp3) is 0.417. The van der Waals surface area contributed by atoms with Gasteiger partial charge in [-0.25, -0.2) is 9.37 Å². The average Bonchev–Trinajstić information content (AvgIpc) is 3.38. The van der Waals surface area contributed by atoms with Gasteiger partial charge in [-0.15, -0.1) is 4.80 Å².